The van der Waals surface area contributed by atoms with Gasteiger partial charge in [-0.15, -0.1) is 0 Å². The van der Waals surface area contributed by atoms with Crippen LogP contribution < -0.4 is 10.5 Å². The molecule has 7 heteroatoms. The number of aryl methyl sites for hydroxylation is 2. The van der Waals surface area contributed by atoms with Gasteiger partial charge in [0.05, 0.1) is 11.4 Å². The first-order valence-electron chi connectivity index (χ1n) is 6.05. The Morgan fingerprint density at radius 3 is 2.52 bits per heavy atom. The Morgan fingerprint density at radius 1 is 1.19 bits per heavy atom. The van der Waals surface area contributed by atoms with Gasteiger partial charge in [-0.2, -0.15) is 0 Å². The lowest BCUT2D eigenvalue weighted by atomic mass is 10.1. The first-order valence-corrected chi connectivity index (χ1v) is 7.91. The number of hydrogen-bond donors (Lipinski definition) is 2. The van der Waals surface area contributed by atoms with E-state index >= 15 is 0 Å². The summed E-state index contributed by atoms with van der Waals surface area (Å²) in [4.78, 5) is -0.576. The second-order valence-electron chi connectivity index (χ2n) is 4.73. The van der Waals surface area contributed by atoms with Crippen LogP contribution in [0.3, 0.4) is 0 Å². The van der Waals surface area contributed by atoms with E-state index in [1.807, 2.05) is 13.0 Å². The van der Waals surface area contributed by atoms with E-state index < -0.39 is 20.7 Å². The number of anilines is 2. The number of hydrogen-bond acceptors (Lipinski definition) is 3. The van der Waals surface area contributed by atoms with Gasteiger partial charge in [0.25, 0.3) is 10.0 Å². The Bertz CT molecular complexity index is 807. The number of halogens is 2. The van der Waals surface area contributed by atoms with E-state index in [0.717, 1.165) is 23.3 Å². The fraction of sp³-hybridized carbons (Fsp3) is 0.143. The summed E-state index contributed by atoms with van der Waals surface area (Å²) in [5.41, 5.74) is 7.08. The van der Waals surface area contributed by atoms with Crippen molar-refractivity contribution in [3.63, 3.8) is 0 Å². The van der Waals surface area contributed by atoms with Crippen LogP contribution in [0.25, 0.3) is 0 Å². The van der Waals surface area contributed by atoms with Gasteiger partial charge in [-0.3, -0.25) is 4.72 Å². The lowest BCUT2D eigenvalue weighted by molar-refractivity contribution is 0.573. The quantitative estimate of drug-likeness (QED) is 0.847. The van der Waals surface area contributed by atoms with Crippen molar-refractivity contribution in [2.45, 2.75) is 18.7 Å². The van der Waals surface area contributed by atoms with Gasteiger partial charge in [0.2, 0.25) is 0 Å². The van der Waals surface area contributed by atoms with Crippen LogP contribution >= 0.6 is 11.6 Å². The number of nitrogens with two attached hydrogens (primary N) is 1. The second-order valence-corrected chi connectivity index (χ2v) is 6.82. The maximum absolute atomic E-state index is 14.0. The van der Waals surface area contributed by atoms with Crippen LogP contribution in [0.5, 0.6) is 0 Å². The molecule has 0 radical (unpaired) electrons. The lowest BCUT2D eigenvalue weighted by Gasteiger charge is -2.13. The van der Waals surface area contributed by atoms with Crippen molar-refractivity contribution >= 4 is 33.0 Å². The topological polar surface area (TPSA) is 72.2 Å². The molecule has 2 aromatic carbocycles. The number of rotatable bonds is 3. The average molecular weight is 329 g/mol. The molecule has 0 spiro atoms. The largest absolute Gasteiger partial charge is 0.396 e. The normalized spacial score (nSPS) is 11.4. The van der Waals surface area contributed by atoms with Gasteiger partial charge in [0.15, 0.2) is 5.82 Å². The van der Waals surface area contributed by atoms with Crippen LogP contribution in [0, 0.1) is 19.7 Å². The second kappa shape index (κ2) is 5.54. The molecule has 0 amide bonds. The minimum absolute atomic E-state index is 0.0511. The Labute approximate surface area is 127 Å². The molecule has 2 aromatic rings. The molecule has 3 N–H and O–H groups in total. The first kappa shape index (κ1) is 15.6. The predicted octanol–water partition coefficient (Wildman–Crippen LogP) is 3.48. The van der Waals surface area contributed by atoms with E-state index in [0.29, 0.717) is 5.69 Å². The van der Waals surface area contributed by atoms with Gasteiger partial charge in [-0.05, 0) is 43.2 Å². The van der Waals surface area contributed by atoms with Gasteiger partial charge in [-0.1, -0.05) is 23.7 Å². The minimum atomic E-state index is -4.12. The monoisotopic (exact) mass is 328 g/mol. The van der Waals surface area contributed by atoms with E-state index in [1.165, 1.54) is 0 Å². The van der Waals surface area contributed by atoms with Crippen molar-refractivity contribution in [2.24, 2.45) is 0 Å². The third kappa shape index (κ3) is 3.28. The van der Waals surface area contributed by atoms with Crippen molar-refractivity contribution in [2.75, 3.05) is 10.5 Å². The molecule has 2 rings (SSSR count). The number of nitrogen functional groups attached to an aromatic ring is 1. The summed E-state index contributed by atoms with van der Waals surface area (Å²) in [6, 6.07) is 7.48. The van der Waals surface area contributed by atoms with Gasteiger partial charge in [0, 0.05) is 5.02 Å². The number of benzene rings is 2. The zero-order valence-electron chi connectivity index (χ0n) is 11.4. The van der Waals surface area contributed by atoms with Crippen molar-refractivity contribution < 1.29 is 12.8 Å². The Balaban J connectivity index is 2.51. The standard InChI is InChI=1S/C14H14ClFN2O2S/c1-8-3-4-9(2)12(5-8)18-21(19,20)13-7-10(15)6-11(17)14(13)16/h3-7,18H,17H2,1-2H3. The highest BCUT2D eigenvalue weighted by molar-refractivity contribution is 7.92. The summed E-state index contributed by atoms with van der Waals surface area (Å²) < 4.78 is 41.0. The van der Waals surface area contributed by atoms with Crippen LogP contribution in [0.4, 0.5) is 15.8 Å². The average Bonchev–Trinajstić information content (AvgIpc) is 2.37. The SMILES string of the molecule is Cc1ccc(C)c(NS(=O)(=O)c2cc(Cl)cc(N)c2F)c1. The summed E-state index contributed by atoms with van der Waals surface area (Å²) in [5, 5.41) is 0.0511. The Morgan fingerprint density at radius 2 is 1.86 bits per heavy atom. The van der Waals surface area contributed by atoms with Crippen molar-refractivity contribution in [3.05, 3.63) is 52.3 Å². The molecule has 4 nitrogen and oxygen atoms in total. The van der Waals surface area contributed by atoms with Gasteiger partial charge in [0.1, 0.15) is 4.90 Å². The Hall–Kier alpha value is -1.79. The predicted molar refractivity (Wildman–Crippen MR) is 82.5 cm³/mol. The van der Waals surface area contributed by atoms with Gasteiger partial charge in [-0.25, -0.2) is 12.8 Å². The molecule has 21 heavy (non-hydrogen) atoms. The van der Waals surface area contributed by atoms with E-state index in [4.69, 9.17) is 17.3 Å². The van der Waals surface area contributed by atoms with Crippen LogP contribution in [-0.2, 0) is 10.0 Å². The van der Waals surface area contributed by atoms with Crippen molar-refractivity contribution in [1.29, 1.82) is 0 Å². The van der Waals surface area contributed by atoms with E-state index in [-0.39, 0.29) is 10.7 Å². The van der Waals surface area contributed by atoms with Crippen LogP contribution in [0.15, 0.2) is 35.2 Å². The van der Waals surface area contributed by atoms with Crippen molar-refractivity contribution in [3.8, 4) is 0 Å². The summed E-state index contributed by atoms with van der Waals surface area (Å²) in [6.45, 7) is 3.58. The molecule has 0 bridgehead atoms. The van der Waals surface area contributed by atoms with Crippen LogP contribution in [0.1, 0.15) is 11.1 Å². The van der Waals surface area contributed by atoms with E-state index in [9.17, 15) is 12.8 Å². The molecule has 0 fully saturated rings. The smallest absolute Gasteiger partial charge is 0.264 e. The summed E-state index contributed by atoms with van der Waals surface area (Å²) in [5.74, 6) is -1.02. The fourth-order valence-electron chi connectivity index (χ4n) is 1.83. The highest BCUT2D eigenvalue weighted by atomic mass is 35.5. The third-order valence-corrected chi connectivity index (χ3v) is 4.54. The number of nitrogens with one attached hydrogen (secondary N) is 1. The summed E-state index contributed by atoms with van der Waals surface area (Å²) in [7, 11) is -4.12. The third-order valence-electron chi connectivity index (χ3n) is 2.96. The number of sulfonamides is 1. The highest BCUT2D eigenvalue weighted by Crippen LogP contribution is 2.28. The van der Waals surface area contributed by atoms with Crippen molar-refractivity contribution in [1.82, 2.24) is 0 Å². The molecule has 0 saturated heterocycles. The molecule has 0 atom stereocenters. The zero-order chi connectivity index (χ0) is 15.8. The molecular formula is C14H14ClFN2O2S. The molecule has 112 valence electrons. The maximum Gasteiger partial charge on any atom is 0.264 e. The first-order chi connectivity index (χ1) is 9.70. The molecule has 0 heterocycles. The van der Waals surface area contributed by atoms with Gasteiger partial charge >= 0.3 is 0 Å². The molecule has 0 aromatic heterocycles. The minimum Gasteiger partial charge on any atom is -0.396 e. The van der Waals surface area contributed by atoms with Crippen LogP contribution in [0.2, 0.25) is 5.02 Å². The molecule has 0 unspecified atom stereocenters. The molecular weight excluding hydrogens is 315 g/mol. The lowest BCUT2D eigenvalue weighted by Crippen LogP contribution is -2.16. The van der Waals surface area contributed by atoms with Gasteiger partial charge < -0.3 is 5.73 Å². The highest BCUT2D eigenvalue weighted by Gasteiger charge is 2.22. The van der Waals surface area contributed by atoms with E-state index in [2.05, 4.69) is 4.72 Å². The molecule has 0 aliphatic rings. The fourth-order valence-corrected chi connectivity index (χ4v) is 3.37. The molecule has 0 aliphatic carbocycles. The molecule has 0 saturated carbocycles. The van der Waals surface area contributed by atoms with E-state index in [1.54, 1.807) is 19.1 Å². The molecule has 0 aliphatic heterocycles. The zero-order valence-corrected chi connectivity index (χ0v) is 13.0. The maximum atomic E-state index is 14.0. The van der Waals surface area contributed by atoms with Crippen LogP contribution in [-0.4, -0.2) is 8.42 Å². The Kier molecular flexibility index (Phi) is 4.11. The summed E-state index contributed by atoms with van der Waals surface area (Å²) >= 11 is 5.75. The summed E-state index contributed by atoms with van der Waals surface area (Å²) in [6.07, 6.45) is 0.